The largest absolute Gasteiger partial charge is 0.494 e. The molecule has 0 amide bonds. The normalized spacial score (nSPS) is 28.8. The fraction of sp³-hybridized carbons (Fsp3) is 0.562. The number of aliphatic carboxylic acids is 1. The second kappa shape index (κ2) is 5.44. The molecule has 3 unspecified atom stereocenters. The minimum Gasteiger partial charge on any atom is -0.494 e. The highest BCUT2D eigenvalue weighted by Crippen LogP contribution is 2.42. The van der Waals surface area contributed by atoms with E-state index in [1.54, 1.807) is 0 Å². The first-order valence-electron chi connectivity index (χ1n) is 7.39. The Labute approximate surface area is 119 Å². The molecule has 4 heteroatoms. The van der Waals surface area contributed by atoms with Crippen LogP contribution in [0.3, 0.4) is 0 Å². The van der Waals surface area contributed by atoms with E-state index < -0.39 is 5.97 Å². The van der Waals surface area contributed by atoms with Crippen LogP contribution in [0.2, 0.25) is 0 Å². The Bertz CT molecular complexity index is 485. The highest BCUT2D eigenvalue weighted by Gasteiger charge is 2.48. The Morgan fingerprint density at radius 3 is 2.70 bits per heavy atom. The van der Waals surface area contributed by atoms with Crippen LogP contribution in [0.4, 0.5) is 0 Å². The van der Waals surface area contributed by atoms with Gasteiger partial charge in [-0.1, -0.05) is 12.1 Å². The fourth-order valence-corrected chi connectivity index (χ4v) is 3.68. The van der Waals surface area contributed by atoms with Gasteiger partial charge in [0.15, 0.2) is 0 Å². The maximum absolute atomic E-state index is 11.3. The average Bonchev–Trinajstić information content (AvgIpc) is 2.98. The zero-order valence-corrected chi connectivity index (χ0v) is 11.8. The third-order valence-corrected chi connectivity index (χ3v) is 4.60. The maximum Gasteiger partial charge on any atom is 0.308 e. The fourth-order valence-electron chi connectivity index (χ4n) is 3.68. The molecule has 4 nitrogen and oxygen atoms in total. The molecule has 3 rings (SSSR count). The lowest BCUT2D eigenvalue weighted by molar-refractivity contribution is -0.142. The summed E-state index contributed by atoms with van der Waals surface area (Å²) < 4.78 is 5.44. The van der Waals surface area contributed by atoms with Gasteiger partial charge in [0.05, 0.1) is 12.5 Å². The first kappa shape index (κ1) is 13.4. The van der Waals surface area contributed by atoms with Crippen molar-refractivity contribution in [3.05, 3.63) is 29.8 Å². The van der Waals surface area contributed by atoms with Crippen LogP contribution in [-0.2, 0) is 11.3 Å². The van der Waals surface area contributed by atoms with Gasteiger partial charge in [-0.2, -0.15) is 0 Å². The van der Waals surface area contributed by atoms with Crippen molar-refractivity contribution in [1.29, 1.82) is 0 Å². The molecule has 2 aliphatic heterocycles. The summed E-state index contributed by atoms with van der Waals surface area (Å²) in [5.41, 5.74) is 1.23. The first-order chi connectivity index (χ1) is 9.69. The van der Waals surface area contributed by atoms with Gasteiger partial charge in [-0.15, -0.1) is 0 Å². The summed E-state index contributed by atoms with van der Waals surface area (Å²) in [6.45, 7) is 3.50. The van der Waals surface area contributed by atoms with Crippen molar-refractivity contribution < 1.29 is 14.6 Å². The predicted molar refractivity (Wildman–Crippen MR) is 75.7 cm³/mol. The van der Waals surface area contributed by atoms with E-state index in [9.17, 15) is 9.90 Å². The summed E-state index contributed by atoms with van der Waals surface area (Å²) in [4.78, 5) is 13.6. The summed E-state index contributed by atoms with van der Waals surface area (Å²) in [5, 5.41) is 9.27. The van der Waals surface area contributed by atoms with Gasteiger partial charge >= 0.3 is 5.97 Å². The van der Waals surface area contributed by atoms with Gasteiger partial charge in [-0.05, 0) is 43.9 Å². The van der Waals surface area contributed by atoms with Crippen molar-refractivity contribution in [2.24, 2.45) is 5.92 Å². The van der Waals surface area contributed by atoms with Crippen molar-refractivity contribution in [3.63, 3.8) is 0 Å². The van der Waals surface area contributed by atoms with Crippen molar-refractivity contribution in [1.82, 2.24) is 4.90 Å². The van der Waals surface area contributed by atoms with E-state index in [0.29, 0.717) is 12.6 Å². The molecule has 0 aromatic heterocycles. The summed E-state index contributed by atoms with van der Waals surface area (Å²) >= 11 is 0. The van der Waals surface area contributed by atoms with Gasteiger partial charge in [-0.25, -0.2) is 0 Å². The van der Waals surface area contributed by atoms with Crippen LogP contribution in [-0.4, -0.2) is 34.7 Å². The second-order valence-corrected chi connectivity index (χ2v) is 5.73. The Morgan fingerprint density at radius 2 is 2.10 bits per heavy atom. The second-order valence-electron chi connectivity index (χ2n) is 5.73. The molecule has 2 bridgehead atoms. The number of hydrogen-bond acceptors (Lipinski definition) is 3. The summed E-state index contributed by atoms with van der Waals surface area (Å²) in [6, 6.07) is 8.82. The van der Waals surface area contributed by atoms with Crippen molar-refractivity contribution in [3.8, 4) is 5.75 Å². The molecule has 2 saturated heterocycles. The van der Waals surface area contributed by atoms with E-state index in [-0.39, 0.29) is 12.0 Å². The van der Waals surface area contributed by atoms with Gasteiger partial charge in [0, 0.05) is 18.6 Å². The molecule has 1 aromatic rings. The van der Waals surface area contributed by atoms with Gasteiger partial charge in [0.1, 0.15) is 5.75 Å². The first-order valence-corrected chi connectivity index (χ1v) is 7.39. The molecular weight excluding hydrogens is 254 g/mol. The van der Waals surface area contributed by atoms with Crippen molar-refractivity contribution in [2.75, 3.05) is 6.61 Å². The van der Waals surface area contributed by atoms with Crippen LogP contribution in [0.15, 0.2) is 24.3 Å². The molecule has 0 radical (unpaired) electrons. The number of benzene rings is 1. The topological polar surface area (TPSA) is 49.8 Å². The Hall–Kier alpha value is -1.55. The van der Waals surface area contributed by atoms with E-state index in [1.807, 2.05) is 19.1 Å². The number of rotatable bonds is 5. The van der Waals surface area contributed by atoms with E-state index in [0.717, 1.165) is 31.6 Å². The smallest absolute Gasteiger partial charge is 0.308 e. The number of fused-ring (bicyclic) bond motifs is 2. The summed E-state index contributed by atoms with van der Waals surface area (Å²) in [5.74, 6) is 0.0920. The van der Waals surface area contributed by atoms with Crippen LogP contribution in [0.1, 0.15) is 31.7 Å². The molecule has 108 valence electrons. The van der Waals surface area contributed by atoms with Crippen molar-refractivity contribution >= 4 is 5.97 Å². The molecule has 20 heavy (non-hydrogen) atoms. The van der Waals surface area contributed by atoms with Gasteiger partial charge in [0.2, 0.25) is 0 Å². The summed E-state index contributed by atoms with van der Waals surface area (Å²) in [7, 11) is 0. The minimum absolute atomic E-state index is 0.170. The highest BCUT2D eigenvalue weighted by atomic mass is 16.5. The third kappa shape index (κ3) is 2.40. The molecule has 1 N–H and O–H groups in total. The Kier molecular flexibility index (Phi) is 3.66. The van der Waals surface area contributed by atoms with Gasteiger partial charge < -0.3 is 9.84 Å². The SMILES string of the molecule is CCOc1ccc(CN2C3CCC2C(C(=O)O)C3)cc1. The Morgan fingerprint density at radius 1 is 1.35 bits per heavy atom. The molecule has 3 atom stereocenters. The third-order valence-electron chi connectivity index (χ3n) is 4.60. The lowest BCUT2D eigenvalue weighted by Crippen LogP contribution is -2.32. The molecular formula is C16H21NO3. The van der Waals surface area contributed by atoms with Crippen LogP contribution in [0, 0.1) is 5.92 Å². The quantitative estimate of drug-likeness (QED) is 0.897. The van der Waals surface area contributed by atoms with E-state index in [2.05, 4.69) is 17.0 Å². The molecule has 0 saturated carbocycles. The maximum atomic E-state index is 11.3. The van der Waals surface area contributed by atoms with Gasteiger partial charge in [0.25, 0.3) is 0 Å². The van der Waals surface area contributed by atoms with Crippen LogP contribution in [0.5, 0.6) is 5.75 Å². The van der Waals surface area contributed by atoms with E-state index in [1.165, 1.54) is 5.56 Å². The number of nitrogens with zero attached hydrogens (tertiary/aromatic N) is 1. The zero-order chi connectivity index (χ0) is 14.1. The number of ether oxygens (including phenoxy) is 1. The van der Waals surface area contributed by atoms with Crippen LogP contribution in [0.25, 0.3) is 0 Å². The molecule has 0 spiro atoms. The lowest BCUT2D eigenvalue weighted by Gasteiger charge is -2.22. The average molecular weight is 275 g/mol. The molecule has 2 fully saturated rings. The molecule has 2 heterocycles. The lowest BCUT2D eigenvalue weighted by atomic mass is 9.89. The van der Waals surface area contributed by atoms with E-state index >= 15 is 0 Å². The predicted octanol–water partition coefficient (Wildman–Crippen LogP) is 2.52. The number of hydrogen-bond donors (Lipinski definition) is 1. The van der Waals surface area contributed by atoms with Crippen LogP contribution < -0.4 is 4.74 Å². The summed E-state index contributed by atoms with van der Waals surface area (Å²) in [6.07, 6.45) is 2.99. The standard InChI is InChI=1S/C16H21NO3/c1-2-20-13-6-3-11(4-7-13)10-17-12-5-8-15(17)14(9-12)16(18)19/h3-4,6-7,12,14-15H,2,5,8-10H2,1H3,(H,18,19). The van der Waals surface area contributed by atoms with Gasteiger partial charge in [-0.3, -0.25) is 9.69 Å². The van der Waals surface area contributed by atoms with Crippen LogP contribution >= 0.6 is 0 Å². The highest BCUT2D eigenvalue weighted by molar-refractivity contribution is 5.71. The van der Waals surface area contributed by atoms with Crippen molar-refractivity contribution in [2.45, 2.75) is 44.8 Å². The zero-order valence-electron chi connectivity index (χ0n) is 11.8. The number of carboxylic acids is 1. The number of carboxylic acid groups (broad SMARTS) is 1. The Balaban J connectivity index is 1.67. The number of carbonyl (C=O) groups is 1. The molecule has 1 aromatic carbocycles. The monoisotopic (exact) mass is 275 g/mol. The molecule has 0 aliphatic carbocycles. The van der Waals surface area contributed by atoms with E-state index in [4.69, 9.17) is 4.74 Å². The molecule has 2 aliphatic rings. The minimum atomic E-state index is -0.631.